The number of hydrogen-bond acceptors (Lipinski definition) is 5. The van der Waals surface area contributed by atoms with Crippen molar-refractivity contribution in [1.82, 2.24) is 0 Å². The number of anilines is 1. The largest absolute Gasteiger partial charge is 0.324 e. The number of para-hydroxylation sites is 1. The maximum atomic E-state index is 12.1. The van der Waals surface area contributed by atoms with E-state index in [1.54, 1.807) is 36.0 Å². The van der Waals surface area contributed by atoms with Crippen molar-refractivity contribution in [3.05, 3.63) is 29.8 Å². The minimum Gasteiger partial charge on any atom is -0.324 e. The van der Waals surface area contributed by atoms with E-state index in [1.165, 1.54) is 11.8 Å². The van der Waals surface area contributed by atoms with Gasteiger partial charge in [0.15, 0.2) is 0 Å². The SMILES string of the molecule is CC(SC1=NCCS1)C(=O)Nc1ccccc1C#N. The van der Waals surface area contributed by atoms with Crippen LogP contribution in [0.1, 0.15) is 12.5 Å². The molecular weight excluding hydrogens is 278 g/mol. The van der Waals surface area contributed by atoms with E-state index in [4.69, 9.17) is 5.26 Å². The first-order chi connectivity index (χ1) is 9.20. The van der Waals surface area contributed by atoms with Crippen LogP contribution in [0.2, 0.25) is 0 Å². The van der Waals surface area contributed by atoms with Crippen molar-refractivity contribution < 1.29 is 4.79 Å². The standard InChI is InChI=1S/C13H13N3OS2/c1-9(19-13-15-6-7-18-13)12(17)16-11-5-3-2-4-10(11)8-14/h2-5,9H,6-7H2,1H3,(H,16,17). The first-order valence-electron chi connectivity index (χ1n) is 5.84. The van der Waals surface area contributed by atoms with Gasteiger partial charge in [-0.3, -0.25) is 9.79 Å². The van der Waals surface area contributed by atoms with E-state index in [2.05, 4.69) is 16.4 Å². The number of thioether (sulfide) groups is 2. The van der Waals surface area contributed by atoms with E-state index in [1.807, 2.05) is 6.92 Å². The van der Waals surface area contributed by atoms with Gasteiger partial charge in [-0.2, -0.15) is 5.26 Å². The Hall–Kier alpha value is -1.45. The van der Waals surface area contributed by atoms with E-state index in [0.29, 0.717) is 11.3 Å². The smallest absolute Gasteiger partial charge is 0.237 e. The summed E-state index contributed by atoms with van der Waals surface area (Å²) in [6.07, 6.45) is 0. The summed E-state index contributed by atoms with van der Waals surface area (Å²) >= 11 is 3.15. The molecule has 0 spiro atoms. The van der Waals surface area contributed by atoms with Crippen molar-refractivity contribution in [2.24, 2.45) is 4.99 Å². The van der Waals surface area contributed by atoms with Crippen LogP contribution in [0.3, 0.4) is 0 Å². The Morgan fingerprint density at radius 1 is 1.58 bits per heavy atom. The molecule has 0 saturated heterocycles. The number of hydrogen-bond donors (Lipinski definition) is 1. The van der Waals surface area contributed by atoms with Crippen LogP contribution in [0.4, 0.5) is 5.69 Å². The highest BCUT2D eigenvalue weighted by Gasteiger charge is 2.19. The van der Waals surface area contributed by atoms with Crippen molar-refractivity contribution in [2.75, 3.05) is 17.6 Å². The zero-order valence-electron chi connectivity index (χ0n) is 10.4. The summed E-state index contributed by atoms with van der Waals surface area (Å²) in [5.74, 6) is 0.886. The predicted octanol–water partition coefficient (Wildman–Crippen LogP) is 2.72. The first-order valence-corrected chi connectivity index (χ1v) is 7.71. The van der Waals surface area contributed by atoms with E-state index in [-0.39, 0.29) is 11.2 Å². The fourth-order valence-electron chi connectivity index (χ4n) is 1.52. The molecule has 98 valence electrons. The molecule has 1 unspecified atom stereocenters. The van der Waals surface area contributed by atoms with Crippen LogP contribution >= 0.6 is 23.5 Å². The lowest BCUT2D eigenvalue weighted by Crippen LogP contribution is -2.23. The second-order valence-electron chi connectivity index (χ2n) is 3.90. The number of carbonyl (C=O) groups excluding carboxylic acids is 1. The van der Waals surface area contributed by atoms with Gasteiger partial charge < -0.3 is 5.32 Å². The molecule has 0 fully saturated rings. The number of amides is 1. The van der Waals surface area contributed by atoms with Gasteiger partial charge in [0.25, 0.3) is 0 Å². The highest BCUT2D eigenvalue weighted by molar-refractivity contribution is 8.39. The summed E-state index contributed by atoms with van der Waals surface area (Å²) in [6, 6.07) is 9.05. The Labute approximate surface area is 120 Å². The molecule has 1 aromatic rings. The summed E-state index contributed by atoms with van der Waals surface area (Å²) < 4.78 is 0.969. The molecule has 0 saturated carbocycles. The maximum Gasteiger partial charge on any atom is 0.237 e. The molecule has 4 nitrogen and oxygen atoms in total. The average Bonchev–Trinajstić information content (AvgIpc) is 2.92. The van der Waals surface area contributed by atoms with Gasteiger partial charge in [-0.25, -0.2) is 0 Å². The Kier molecular flexibility index (Phi) is 4.88. The molecule has 1 aliphatic heterocycles. The van der Waals surface area contributed by atoms with Crippen LogP contribution in [0, 0.1) is 11.3 Å². The Morgan fingerprint density at radius 3 is 3.05 bits per heavy atom. The topological polar surface area (TPSA) is 65.2 Å². The second kappa shape index (κ2) is 6.64. The highest BCUT2D eigenvalue weighted by Crippen LogP contribution is 2.26. The van der Waals surface area contributed by atoms with Crippen LogP contribution < -0.4 is 5.32 Å². The van der Waals surface area contributed by atoms with Gasteiger partial charge in [0.1, 0.15) is 10.4 Å². The first kappa shape index (κ1) is 14.0. The molecule has 1 heterocycles. The van der Waals surface area contributed by atoms with E-state index in [0.717, 1.165) is 16.7 Å². The Bertz CT molecular complexity index is 551. The fraction of sp³-hybridized carbons (Fsp3) is 0.308. The molecule has 0 radical (unpaired) electrons. The predicted molar refractivity (Wildman–Crippen MR) is 81.6 cm³/mol. The number of benzene rings is 1. The quantitative estimate of drug-likeness (QED) is 0.930. The summed E-state index contributed by atoms with van der Waals surface area (Å²) in [5, 5.41) is 11.5. The molecule has 0 aliphatic carbocycles. The number of nitrogens with zero attached hydrogens (tertiary/aromatic N) is 2. The molecule has 1 N–H and O–H groups in total. The van der Waals surface area contributed by atoms with E-state index >= 15 is 0 Å². The van der Waals surface area contributed by atoms with Crippen molar-refractivity contribution in [2.45, 2.75) is 12.2 Å². The molecule has 19 heavy (non-hydrogen) atoms. The summed E-state index contributed by atoms with van der Waals surface area (Å²) in [4.78, 5) is 16.4. The zero-order valence-corrected chi connectivity index (χ0v) is 12.1. The molecular formula is C13H13N3OS2. The third-order valence-electron chi connectivity index (χ3n) is 2.51. The Morgan fingerprint density at radius 2 is 2.37 bits per heavy atom. The van der Waals surface area contributed by atoms with Crippen molar-refractivity contribution in [3.8, 4) is 6.07 Å². The number of aliphatic imine (C=N–C) groups is 1. The molecule has 0 aromatic heterocycles. The molecule has 1 aliphatic rings. The van der Waals surface area contributed by atoms with Gasteiger partial charge in [-0.1, -0.05) is 35.7 Å². The van der Waals surface area contributed by atoms with Crippen molar-refractivity contribution in [3.63, 3.8) is 0 Å². The van der Waals surface area contributed by atoms with Crippen LogP contribution in [-0.2, 0) is 4.79 Å². The van der Waals surface area contributed by atoms with Gasteiger partial charge >= 0.3 is 0 Å². The third kappa shape index (κ3) is 3.75. The van der Waals surface area contributed by atoms with Gasteiger partial charge in [-0.05, 0) is 19.1 Å². The summed E-state index contributed by atoms with van der Waals surface area (Å²) in [5.41, 5.74) is 1.03. The van der Waals surface area contributed by atoms with Crippen LogP contribution in [-0.4, -0.2) is 27.8 Å². The van der Waals surface area contributed by atoms with E-state index < -0.39 is 0 Å². The summed E-state index contributed by atoms with van der Waals surface area (Å²) in [6.45, 7) is 2.68. The highest BCUT2D eigenvalue weighted by atomic mass is 32.2. The molecule has 1 atom stereocenters. The van der Waals surface area contributed by atoms with Gasteiger partial charge in [0, 0.05) is 5.75 Å². The van der Waals surface area contributed by atoms with Crippen molar-refractivity contribution >= 4 is 39.5 Å². The third-order valence-corrected chi connectivity index (χ3v) is 4.81. The number of rotatable bonds is 3. The maximum absolute atomic E-state index is 12.1. The monoisotopic (exact) mass is 291 g/mol. The van der Waals surface area contributed by atoms with Crippen LogP contribution in [0.15, 0.2) is 29.3 Å². The van der Waals surface area contributed by atoms with Gasteiger partial charge in [-0.15, -0.1) is 0 Å². The fourth-order valence-corrected chi connectivity index (χ4v) is 3.64. The van der Waals surface area contributed by atoms with Gasteiger partial charge in [0.05, 0.1) is 23.0 Å². The zero-order chi connectivity index (χ0) is 13.7. The number of carbonyl (C=O) groups is 1. The molecule has 2 rings (SSSR count). The lowest BCUT2D eigenvalue weighted by Gasteiger charge is -2.12. The number of nitrogens with one attached hydrogen (secondary N) is 1. The van der Waals surface area contributed by atoms with Crippen LogP contribution in [0.5, 0.6) is 0 Å². The van der Waals surface area contributed by atoms with Gasteiger partial charge in [0.2, 0.25) is 5.91 Å². The number of nitriles is 1. The van der Waals surface area contributed by atoms with Crippen molar-refractivity contribution in [1.29, 1.82) is 5.26 Å². The lowest BCUT2D eigenvalue weighted by atomic mass is 10.2. The minimum absolute atomic E-state index is 0.108. The van der Waals surface area contributed by atoms with E-state index in [9.17, 15) is 4.79 Å². The average molecular weight is 291 g/mol. The lowest BCUT2D eigenvalue weighted by molar-refractivity contribution is -0.115. The molecule has 1 amide bonds. The minimum atomic E-state index is -0.226. The van der Waals surface area contributed by atoms with Crippen LogP contribution in [0.25, 0.3) is 0 Å². The second-order valence-corrected chi connectivity index (χ2v) is 6.57. The summed E-state index contributed by atoms with van der Waals surface area (Å²) in [7, 11) is 0. The normalized spacial score (nSPS) is 15.5. The molecule has 0 bridgehead atoms. The molecule has 6 heteroatoms. The molecule has 1 aromatic carbocycles. The Balaban J connectivity index is 1.98.